The number of hydrazone groups is 1. The summed E-state index contributed by atoms with van der Waals surface area (Å²) in [7, 11) is 1.71. The molecule has 0 spiro atoms. The molecule has 28 heavy (non-hydrogen) atoms. The normalized spacial score (nSPS) is 15.6. The molecular formula is C20H23N5O2S. The summed E-state index contributed by atoms with van der Waals surface area (Å²) < 4.78 is 11.9. The van der Waals surface area contributed by atoms with E-state index in [4.69, 9.17) is 25.3 Å². The minimum atomic E-state index is 0.573. The van der Waals surface area contributed by atoms with Crippen molar-refractivity contribution in [3.63, 3.8) is 0 Å². The quantitative estimate of drug-likeness (QED) is 0.391. The smallest absolute Gasteiger partial charge is 0.160 e. The molecule has 1 aromatic carbocycles. The van der Waals surface area contributed by atoms with Crippen LogP contribution in [0.25, 0.3) is 21.6 Å². The zero-order valence-corrected chi connectivity index (χ0v) is 16.6. The molecule has 1 aliphatic rings. The fourth-order valence-corrected chi connectivity index (χ4v) is 4.39. The molecule has 3 aromatic rings. The molecular weight excluding hydrogens is 374 g/mol. The summed E-state index contributed by atoms with van der Waals surface area (Å²) in [5.74, 6) is 6.07. The van der Waals surface area contributed by atoms with E-state index in [2.05, 4.69) is 16.1 Å². The van der Waals surface area contributed by atoms with Gasteiger partial charge in [-0.1, -0.05) is 24.3 Å². The van der Waals surface area contributed by atoms with Crippen molar-refractivity contribution in [1.82, 2.24) is 14.9 Å². The van der Waals surface area contributed by atoms with Crippen LogP contribution in [0.15, 0.2) is 35.4 Å². The van der Waals surface area contributed by atoms with E-state index in [9.17, 15) is 0 Å². The van der Waals surface area contributed by atoms with E-state index in [1.165, 1.54) is 0 Å². The van der Waals surface area contributed by atoms with E-state index in [1.54, 1.807) is 24.7 Å². The van der Waals surface area contributed by atoms with Gasteiger partial charge in [-0.15, -0.1) is 11.3 Å². The SMILES string of the molecule is COCc1cc2nc(-c3ccccc3/C=N\N)nc(CN3CCOCC3)c2s1. The number of benzene rings is 1. The first-order valence-electron chi connectivity index (χ1n) is 9.19. The minimum Gasteiger partial charge on any atom is -0.379 e. The third kappa shape index (κ3) is 4.05. The number of ether oxygens (including phenoxy) is 2. The highest BCUT2D eigenvalue weighted by molar-refractivity contribution is 7.19. The van der Waals surface area contributed by atoms with Crippen LogP contribution < -0.4 is 5.84 Å². The van der Waals surface area contributed by atoms with Crippen molar-refractivity contribution in [2.24, 2.45) is 10.9 Å². The highest BCUT2D eigenvalue weighted by Crippen LogP contribution is 2.31. The van der Waals surface area contributed by atoms with Crippen LogP contribution in [0.5, 0.6) is 0 Å². The first kappa shape index (κ1) is 18.9. The Morgan fingerprint density at radius 1 is 1.29 bits per heavy atom. The number of nitrogens with two attached hydrogens (primary N) is 1. The Labute approximate surface area is 167 Å². The Bertz CT molecular complexity index is 982. The molecule has 7 nitrogen and oxygen atoms in total. The summed E-state index contributed by atoms with van der Waals surface area (Å²) in [6.45, 7) is 4.69. The molecule has 8 heteroatoms. The van der Waals surface area contributed by atoms with E-state index < -0.39 is 0 Å². The summed E-state index contributed by atoms with van der Waals surface area (Å²) in [4.78, 5) is 13.3. The molecule has 4 rings (SSSR count). The summed E-state index contributed by atoms with van der Waals surface area (Å²) >= 11 is 1.70. The second-order valence-corrected chi connectivity index (χ2v) is 7.74. The molecule has 146 valence electrons. The van der Waals surface area contributed by atoms with Crippen molar-refractivity contribution in [1.29, 1.82) is 0 Å². The average molecular weight is 398 g/mol. The van der Waals surface area contributed by atoms with Gasteiger partial charge in [-0.25, -0.2) is 9.97 Å². The topological polar surface area (TPSA) is 85.9 Å². The Balaban J connectivity index is 1.81. The highest BCUT2D eigenvalue weighted by Gasteiger charge is 2.18. The first-order valence-corrected chi connectivity index (χ1v) is 10.0. The highest BCUT2D eigenvalue weighted by atomic mass is 32.1. The number of thiophene rings is 1. The van der Waals surface area contributed by atoms with Crippen molar-refractivity contribution in [2.75, 3.05) is 33.4 Å². The lowest BCUT2D eigenvalue weighted by Gasteiger charge is -2.26. The molecule has 2 aromatic heterocycles. The molecule has 0 aliphatic carbocycles. The van der Waals surface area contributed by atoms with Crippen LogP contribution in [0.4, 0.5) is 0 Å². The maximum absolute atomic E-state index is 5.48. The fraction of sp³-hybridized carbons (Fsp3) is 0.350. The van der Waals surface area contributed by atoms with Crippen LogP contribution >= 0.6 is 11.3 Å². The van der Waals surface area contributed by atoms with Crippen molar-refractivity contribution < 1.29 is 9.47 Å². The summed E-state index contributed by atoms with van der Waals surface area (Å²) in [6, 6.07) is 9.98. The van der Waals surface area contributed by atoms with Crippen molar-refractivity contribution in [3.05, 3.63) is 46.5 Å². The lowest BCUT2D eigenvalue weighted by Crippen LogP contribution is -2.35. The van der Waals surface area contributed by atoms with Crippen molar-refractivity contribution in [3.8, 4) is 11.4 Å². The number of nitrogens with zero attached hydrogens (tertiary/aromatic N) is 4. The number of rotatable bonds is 6. The third-order valence-electron chi connectivity index (χ3n) is 4.67. The van der Waals surface area contributed by atoms with Gasteiger partial charge >= 0.3 is 0 Å². The molecule has 0 saturated carbocycles. The van der Waals surface area contributed by atoms with E-state index in [-0.39, 0.29) is 0 Å². The van der Waals surface area contributed by atoms with Crippen molar-refractivity contribution >= 4 is 27.8 Å². The Hall–Kier alpha value is -2.39. The van der Waals surface area contributed by atoms with E-state index in [0.29, 0.717) is 12.4 Å². The van der Waals surface area contributed by atoms with Gasteiger partial charge in [-0.2, -0.15) is 5.10 Å². The van der Waals surface area contributed by atoms with Gasteiger partial charge in [0.2, 0.25) is 0 Å². The molecule has 0 radical (unpaired) electrons. The Morgan fingerprint density at radius 3 is 2.89 bits per heavy atom. The predicted octanol–water partition coefficient (Wildman–Crippen LogP) is 2.63. The number of hydrogen-bond donors (Lipinski definition) is 1. The van der Waals surface area contributed by atoms with Gasteiger partial charge in [-0.05, 0) is 6.07 Å². The third-order valence-corrected chi connectivity index (χ3v) is 5.82. The second-order valence-electron chi connectivity index (χ2n) is 6.61. The number of hydrogen-bond acceptors (Lipinski definition) is 8. The zero-order chi connectivity index (χ0) is 19.3. The molecule has 0 amide bonds. The maximum Gasteiger partial charge on any atom is 0.160 e. The summed E-state index contributed by atoms with van der Waals surface area (Å²) in [5.41, 5.74) is 3.80. The van der Waals surface area contributed by atoms with Gasteiger partial charge in [0.05, 0.1) is 41.9 Å². The lowest BCUT2D eigenvalue weighted by molar-refractivity contribution is 0.0339. The molecule has 1 saturated heterocycles. The molecule has 0 unspecified atom stereocenters. The second kappa shape index (κ2) is 8.74. The Kier molecular flexibility index (Phi) is 5.92. The van der Waals surface area contributed by atoms with Crippen LogP contribution in [0.3, 0.4) is 0 Å². The van der Waals surface area contributed by atoms with Crippen LogP contribution in [0.2, 0.25) is 0 Å². The molecule has 2 N–H and O–H groups in total. The van der Waals surface area contributed by atoms with Gasteiger partial charge in [-0.3, -0.25) is 4.90 Å². The van der Waals surface area contributed by atoms with E-state index >= 15 is 0 Å². The number of aromatic nitrogens is 2. The zero-order valence-electron chi connectivity index (χ0n) is 15.8. The van der Waals surface area contributed by atoms with Gasteiger partial charge in [0.15, 0.2) is 5.82 Å². The largest absolute Gasteiger partial charge is 0.379 e. The van der Waals surface area contributed by atoms with Crippen LogP contribution in [0.1, 0.15) is 16.1 Å². The average Bonchev–Trinajstić information content (AvgIpc) is 3.13. The summed E-state index contributed by atoms with van der Waals surface area (Å²) in [6.07, 6.45) is 1.63. The monoisotopic (exact) mass is 397 g/mol. The summed E-state index contributed by atoms with van der Waals surface area (Å²) in [5, 5.41) is 3.68. The number of methoxy groups -OCH3 is 1. The number of fused-ring (bicyclic) bond motifs is 1. The molecule has 1 fully saturated rings. The van der Waals surface area contributed by atoms with Gasteiger partial charge in [0.1, 0.15) is 0 Å². The van der Waals surface area contributed by atoms with Crippen LogP contribution in [-0.2, 0) is 22.6 Å². The minimum absolute atomic E-state index is 0.573. The maximum atomic E-state index is 5.48. The molecule has 1 aliphatic heterocycles. The van der Waals surface area contributed by atoms with Gasteiger partial charge in [0.25, 0.3) is 0 Å². The van der Waals surface area contributed by atoms with E-state index in [1.807, 2.05) is 24.3 Å². The van der Waals surface area contributed by atoms with Crippen LogP contribution in [0, 0.1) is 0 Å². The van der Waals surface area contributed by atoms with Crippen LogP contribution in [-0.4, -0.2) is 54.5 Å². The number of morpholine rings is 1. The lowest BCUT2D eigenvalue weighted by atomic mass is 10.1. The predicted molar refractivity (Wildman–Crippen MR) is 111 cm³/mol. The standard InChI is InChI=1S/C20H23N5O2S/c1-26-13-15-10-17-19(28-15)18(12-25-6-8-27-9-7-25)24-20(23-17)16-5-3-2-4-14(16)11-22-21/h2-5,10-11H,6-9,12-13,21H2,1H3/b22-11-. The fourth-order valence-electron chi connectivity index (χ4n) is 3.34. The van der Waals surface area contributed by atoms with Gasteiger partial charge < -0.3 is 15.3 Å². The molecule has 0 bridgehead atoms. The molecule has 3 heterocycles. The molecule has 0 atom stereocenters. The van der Waals surface area contributed by atoms with E-state index in [0.717, 1.165) is 64.8 Å². The van der Waals surface area contributed by atoms with Crippen molar-refractivity contribution in [2.45, 2.75) is 13.2 Å². The first-order chi connectivity index (χ1) is 13.8. The Morgan fingerprint density at radius 2 is 2.11 bits per heavy atom. The van der Waals surface area contributed by atoms with Gasteiger partial charge in [0, 0.05) is 42.7 Å².